The summed E-state index contributed by atoms with van der Waals surface area (Å²) in [7, 11) is 0. The highest BCUT2D eigenvalue weighted by Gasteiger charge is 2.20. The molecule has 0 bridgehead atoms. The zero-order valence-electron chi connectivity index (χ0n) is 16.6. The standard InChI is InChI=1S/C20H31N7/c1-4-21-20(22-9-12-27-15-17(3)14-24-27)25-18-7-10-26(11-8-18)19-6-5-16(2)13-23-19/h5-6,13-15,18H,4,7-12H2,1-3H3,(H2,21,22,25). The number of aromatic nitrogens is 3. The van der Waals surface area contributed by atoms with Crippen molar-refractivity contribution in [3.05, 3.63) is 41.9 Å². The maximum atomic E-state index is 4.71. The molecule has 0 saturated carbocycles. The number of aryl methyl sites for hydroxylation is 2. The van der Waals surface area contributed by atoms with E-state index in [1.165, 1.54) is 11.1 Å². The van der Waals surface area contributed by atoms with Crippen molar-refractivity contribution in [2.45, 2.75) is 46.2 Å². The minimum absolute atomic E-state index is 0.441. The van der Waals surface area contributed by atoms with Gasteiger partial charge in [-0.15, -0.1) is 0 Å². The van der Waals surface area contributed by atoms with Gasteiger partial charge >= 0.3 is 0 Å². The molecule has 0 aliphatic carbocycles. The van der Waals surface area contributed by atoms with Gasteiger partial charge in [0.05, 0.1) is 19.3 Å². The largest absolute Gasteiger partial charge is 0.357 e. The summed E-state index contributed by atoms with van der Waals surface area (Å²) in [6, 6.07) is 4.69. The van der Waals surface area contributed by atoms with Crippen molar-refractivity contribution in [1.29, 1.82) is 0 Å². The molecule has 7 heteroatoms. The Morgan fingerprint density at radius 2 is 2.00 bits per heavy atom. The Balaban J connectivity index is 1.48. The number of rotatable bonds is 6. The van der Waals surface area contributed by atoms with E-state index in [1.54, 1.807) is 0 Å². The average Bonchev–Trinajstić information content (AvgIpc) is 3.08. The quantitative estimate of drug-likeness (QED) is 0.603. The fourth-order valence-corrected chi connectivity index (χ4v) is 3.27. The molecule has 2 aromatic rings. The summed E-state index contributed by atoms with van der Waals surface area (Å²) < 4.78 is 1.94. The molecule has 2 N–H and O–H groups in total. The Kier molecular flexibility index (Phi) is 6.68. The molecular weight excluding hydrogens is 338 g/mol. The van der Waals surface area contributed by atoms with Crippen LogP contribution >= 0.6 is 0 Å². The SMILES string of the molecule is CCNC(=NCCn1cc(C)cn1)NC1CCN(c2ccc(C)cn2)CC1. The van der Waals surface area contributed by atoms with Gasteiger partial charge in [-0.05, 0) is 50.8 Å². The van der Waals surface area contributed by atoms with Crippen molar-refractivity contribution in [3.63, 3.8) is 0 Å². The molecule has 0 spiro atoms. The molecule has 1 aliphatic rings. The Hall–Kier alpha value is -2.57. The van der Waals surface area contributed by atoms with Crippen LogP contribution in [0.1, 0.15) is 30.9 Å². The molecule has 0 atom stereocenters. The molecule has 2 aromatic heterocycles. The topological polar surface area (TPSA) is 70.4 Å². The number of guanidine groups is 1. The van der Waals surface area contributed by atoms with Crippen LogP contribution in [-0.2, 0) is 6.54 Å². The van der Waals surface area contributed by atoms with Crippen LogP contribution in [0.4, 0.5) is 5.82 Å². The molecule has 1 aliphatic heterocycles. The molecule has 3 rings (SSSR count). The van der Waals surface area contributed by atoms with Crippen LogP contribution in [0.5, 0.6) is 0 Å². The van der Waals surface area contributed by atoms with Crippen molar-refractivity contribution in [1.82, 2.24) is 25.4 Å². The lowest BCUT2D eigenvalue weighted by molar-refractivity contribution is 0.459. The van der Waals surface area contributed by atoms with Crippen molar-refractivity contribution < 1.29 is 0 Å². The van der Waals surface area contributed by atoms with Crippen molar-refractivity contribution in [3.8, 4) is 0 Å². The molecule has 0 unspecified atom stereocenters. The molecule has 0 aromatic carbocycles. The molecule has 3 heterocycles. The first-order chi connectivity index (χ1) is 13.1. The molecule has 0 amide bonds. The van der Waals surface area contributed by atoms with Gasteiger partial charge in [-0.25, -0.2) is 4.98 Å². The monoisotopic (exact) mass is 369 g/mol. The molecular formula is C20H31N7. The Morgan fingerprint density at radius 1 is 1.19 bits per heavy atom. The van der Waals surface area contributed by atoms with Gasteiger partial charge in [0.2, 0.25) is 0 Å². The fraction of sp³-hybridized carbons (Fsp3) is 0.550. The summed E-state index contributed by atoms with van der Waals surface area (Å²) in [6.07, 6.45) is 8.03. The van der Waals surface area contributed by atoms with E-state index in [2.05, 4.69) is 58.5 Å². The predicted octanol–water partition coefficient (Wildman–Crippen LogP) is 2.12. The van der Waals surface area contributed by atoms with Crippen molar-refractivity contribution >= 4 is 11.8 Å². The third-order valence-electron chi connectivity index (χ3n) is 4.76. The summed E-state index contributed by atoms with van der Waals surface area (Å²) in [5, 5.41) is 11.3. The minimum Gasteiger partial charge on any atom is -0.357 e. The number of aliphatic imine (C=N–C) groups is 1. The van der Waals surface area contributed by atoms with E-state index in [-0.39, 0.29) is 0 Å². The lowest BCUT2D eigenvalue weighted by atomic mass is 10.1. The van der Waals surface area contributed by atoms with Crippen LogP contribution in [0, 0.1) is 13.8 Å². The highest BCUT2D eigenvalue weighted by Crippen LogP contribution is 2.18. The first-order valence-electron chi connectivity index (χ1n) is 9.85. The summed E-state index contributed by atoms with van der Waals surface area (Å²) >= 11 is 0. The minimum atomic E-state index is 0.441. The summed E-state index contributed by atoms with van der Waals surface area (Å²) in [6.45, 7) is 10.6. The molecule has 7 nitrogen and oxygen atoms in total. The van der Waals surface area contributed by atoms with E-state index < -0.39 is 0 Å². The van der Waals surface area contributed by atoms with Gasteiger partial charge in [0.15, 0.2) is 5.96 Å². The number of anilines is 1. The van der Waals surface area contributed by atoms with Crippen molar-refractivity contribution in [2.75, 3.05) is 31.1 Å². The van der Waals surface area contributed by atoms with Gasteiger partial charge in [0, 0.05) is 38.1 Å². The number of pyridine rings is 1. The molecule has 1 saturated heterocycles. The maximum Gasteiger partial charge on any atom is 0.191 e. The second-order valence-electron chi connectivity index (χ2n) is 7.14. The first-order valence-corrected chi connectivity index (χ1v) is 9.85. The first kappa shape index (κ1) is 19.2. The lowest BCUT2D eigenvalue weighted by Gasteiger charge is -2.33. The predicted molar refractivity (Wildman–Crippen MR) is 110 cm³/mol. The van der Waals surface area contributed by atoms with Crippen LogP contribution in [-0.4, -0.2) is 52.9 Å². The smallest absolute Gasteiger partial charge is 0.191 e. The number of nitrogens with zero attached hydrogens (tertiary/aromatic N) is 5. The molecule has 146 valence electrons. The van der Waals surface area contributed by atoms with Gasteiger partial charge < -0.3 is 15.5 Å². The molecule has 1 fully saturated rings. The van der Waals surface area contributed by atoms with Crippen molar-refractivity contribution in [2.24, 2.45) is 4.99 Å². The van der Waals surface area contributed by atoms with Crippen LogP contribution < -0.4 is 15.5 Å². The Labute approximate surface area is 161 Å². The van der Waals surface area contributed by atoms with Gasteiger partial charge in [0.25, 0.3) is 0 Å². The average molecular weight is 370 g/mol. The highest BCUT2D eigenvalue weighted by molar-refractivity contribution is 5.80. The van der Waals surface area contributed by atoms with E-state index in [0.29, 0.717) is 12.6 Å². The maximum absolute atomic E-state index is 4.71. The van der Waals surface area contributed by atoms with E-state index >= 15 is 0 Å². The van der Waals surface area contributed by atoms with E-state index in [9.17, 15) is 0 Å². The van der Waals surface area contributed by atoms with E-state index in [1.807, 2.05) is 23.3 Å². The normalized spacial score (nSPS) is 15.8. The van der Waals surface area contributed by atoms with Crippen LogP contribution in [0.15, 0.2) is 35.7 Å². The molecule has 0 radical (unpaired) electrons. The number of hydrogen-bond donors (Lipinski definition) is 2. The van der Waals surface area contributed by atoms with E-state index in [4.69, 9.17) is 4.99 Å². The Morgan fingerprint density at radius 3 is 2.63 bits per heavy atom. The third-order valence-corrected chi connectivity index (χ3v) is 4.76. The van der Waals surface area contributed by atoms with Gasteiger partial charge in [-0.2, -0.15) is 5.10 Å². The van der Waals surface area contributed by atoms with Gasteiger partial charge in [-0.1, -0.05) is 6.07 Å². The zero-order valence-corrected chi connectivity index (χ0v) is 16.6. The summed E-state index contributed by atoms with van der Waals surface area (Å²) in [5.74, 6) is 1.97. The third kappa shape index (κ3) is 5.70. The van der Waals surface area contributed by atoms with Gasteiger partial charge in [-0.3, -0.25) is 9.67 Å². The van der Waals surface area contributed by atoms with Crippen LogP contribution in [0.2, 0.25) is 0 Å². The Bertz CT molecular complexity index is 727. The summed E-state index contributed by atoms with van der Waals surface area (Å²) in [4.78, 5) is 11.6. The van der Waals surface area contributed by atoms with Crippen LogP contribution in [0.3, 0.4) is 0 Å². The van der Waals surface area contributed by atoms with E-state index in [0.717, 1.165) is 50.8 Å². The van der Waals surface area contributed by atoms with Gasteiger partial charge in [0.1, 0.15) is 5.82 Å². The zero-order chi connectivity index (χ0) is 19.1. The fourth-order valence-electron chi connectivity index (χ4n) is 3.27. The lowest BCUT2D eigenvalue weighted by Crippen LogP contribution is -2.49. The number of nitrogens with one attached hydrogen (secondary N) is 2. The van der Waals surface area contributed by atoms with Crippen LogP contribution in [0.25, 0.3) is 0 Å². The number of hydrogen-bond acceptors (Lipinski definition) is 4. The number of piperidine rings is 1. The second-order valence-corrected chi connectivity index (χ2v) is 7.14. The summed E-state index contributed by atoms with van der Waals surface area (Å²) in [5.41, 5.74) is 2.38. The molecule has 27 heavy (non-hydrogen) atoms. The second kappa shape index (κ2) is 9.39. The highest BCUT2D eigenvalue weighted by atomic mass is 15.3.